The first-order chi connectivity index (χ1) is 21.9. The van der Waals surface area contributed by atoms with Gasteiger partial charge in [0.1, 0.15) is 52.2 Å². The summed E-state index contributed by atoms with van der Waals surface area (Å²) in [4.78, 5) is 130. The van der Waals surface area contributed by atoms with Crippen LogP contribution in [0.4, 0.5) is 0 Å². The van der Waals surface area contributed by atoms with Gasteiger partial charge in [-0.05, 0) is 0 Å². The highest BCUT2D eigenvalue weighted by molar-refractivity contribution is 7.52. The Morgan fingerprint density at radius 2 is 0.917 bits per heavy atom. The second-order valence-corrected chi connectivity index (χ2v) is 14.3. The van der Waals surface area contributed by atoms with E-state index in [1.807, 2.05) is 0 Å². The first-order valence-electron chi connectivity index (χ1n) is 12.8. The smallest absolute Gasteiger partial charge is 0.344 e. The Morgan fingerprint density at radius 3 is 1.17 bits per heavy atom. The lowest BCUT2D eigenvalue weighted by molar-refractivity contribution is -0.156. The highest BCUT2D eigenvalue weighted by atomic mass is 31.2. The lowest BCUT2D eigenvalue weighted by Crippen LogP contribution is -2.54. The van der Waals surface area contributed by atoms with Gasteiger partial charge in [-0.2, -0.15) is 0 Å². The van der Waals surface area contributed by atoms with E-state index < -0.39 is 92.5 Å². The van der Waals surface area contributed by atoms with Gasteiger partial charge >= 0.3 is 28.8 Å². The number of carboxylic acids is 1. The number of aliphatic hydroxyl groups is 2. The van der Waals surface area contributed by atoms with E-state index in [1.54, 1.807) is 0 Å². The first kappa shape index (κ1) is 44.6. The van der Waals surface area contributed by atoms with Crippen LogP contribution in [0.1, 0.15) is 0 Å². The number of hydrogen-bond acceptors (Lipinski definition) is 13. The molecule has 0 aromatic carbocycles. The summed E-state index contributed by atoms with van der Waals surface area (Å²) < 4.78 is 31.5. The van der Waals surface area contributed by atoms with Gasteiger partial charge in [-0.25, -0.2) is 0 Å². The van der Waals surface area contributed by atoms with Crippen molar-refractivity contribution in [3.8, 4) is 0 Å². The van der Waals surface area contributed by atoms with Gasteiger partial charge in [0, 0.05) is 0 Å². The van der Waals surface area contributed by atoms with E-state index in [9.17, 15) is 47.3 Å². The molecule has 3 heterocycles. The summed E-state index contributed by atoms with van der Waals surface area (Å²) in [7, 11) is -13.1. The van der Waals surface area contributed by atoms with Crippen LogP contribution in [-0.2, 0) is 47.3 Å². The molecule has 48 heavy (non-hydrogen) atoms. The summed E-state index contributed by atoms with van der Waals surface area (Å²) in [5, 5.41) is 32.0. The normalized spacial score (nSPS) is 17.2. The third-order valence-corrected chi connectivity index (χ3v) is 7.31. The molecule has 0 spiro atoms. The summed E-state index contributed by atoms with van der Waals surface area (Å²) in [5.74, 6) is -3.64. The molecule has 3 fully saturated rings. The highest BCUT2D eigenvalue weighted by Crippen LogP contribution is 2.38. The van der Waals surface area contributed by atoms with E-state index in [0.717, 1.165) is 9.80 Å². The number of nitrogens with one attached hydrogen (secondary N) is 3. The van der Waals surface area contributed by atoms with Crippen molar-refractivity contribution in [2.24, 2.45) is 0 Å². The van der Waals surface area contributed by atoms with Crippen LogP contribution in [0.5, 0.6) is 0 Å². The van der Waals surface area contributed by atoms with E-state index in [1.165, 1.54) is 0 Å². The van der Waals surface area contributed by atoms with E-state index in [0.29, 0.717) is 9.80 Å². The minimum absolute atomic E-state index is 0.121. The first-order valence-corrected chi connectivity index (χ1v) is 18.2. The minimum atomic E-state index is -4.48. The maximum absolute atomic E-state index is 11.4. The maximum Gasteiger partial charge on any atom is 0.344 e. The molecule has 0 saturated carbocycles. The Labute approximate surface area is 270 Å². The van der Waals surface area contributed by atoms with Crippen LogP contribution in [0, 0.1) is 0 Å². The molecule has 3 aliphatic heterocycles. The fraction of sp³-hybridized carbons (Fsp3) is 0.632. The molecular weight excluding hydrogens is 723 g/mol. The van der Waals surface area contributed by atoms with Crippen molar-refractivity contribution in [3.05, 3.63) is 0 Å². The van der Waals surface area contributed by atoms with E-state index in [2.05, 4.69) is 16.0 Å². The zero-order chi connectivity index (χ0) is 37.5. The van der Waals surface area contributed by atoms with Gasteiger partial charge in [0.2, 0.25) is 35.4 Å². The number of piperazine rings is 3. The number of carbonyl (C=O) groups excluding carboxylic acids is 6. The second kappa shape index (κ2) is 20.2. The van der Waals surface area contributed by atoms with Gasteiger partial charge in [-0.15, -0.1) is 0 Å². The summed E-state index contributed by atoms with van der Waals surface area (Å²) >= 11 is 0. The number of nitrogens with zero attached hydrogens (tertiary/aromatic N) is 4. The van der Waals surface area contributed by atoms with Crippen LogP contribution in [0.25, 0.3) is 0 Å². The molecule has 276 valence electrons. The Bertz CT molecular complexity index is 1240. The van der Waals surface area contributed by atoms with Gasteiger partial charge in [0.25, 0.3) is 0 Å². The average Bonchev–Trinajstić information content (AvgIpc) is 2.93. The number of aliphatic hydroxyl groups excluding tert-OH is 2. The molecule has 0 aliphatic carbocycles. The van der Waals surface area contributed by atoms with E-state index in [-0.39, 0.29) is 49.8 Å². The Hall–Kier alpha value is -3.38. The predicted octanol–water partition coefficient (Wildman–Crippen LogP) is -7.49. The van der Waals surface area contributed by atoms with Gasteiger partial charge in [0.15, 0.2) is 0 Å². The minimum Gasteiger partial charge on any atom is -0.480 e. The molecule has 3 saturated heterocycles. The Morgan fingerprint density at radius 1 is 0.604 bits per heavy atom. The van der Waals surface area contributed by atoms with Crippen molar-refractivity contribution >= 4 is 64.2 Å². The number of carboxylic acid groups (broad SMARTS) is 1. The number of rotatable bonds is 10. The molecule has 3 aliphatic rings. The number of aliphatic carboxylic acids is 1. The van der Waals surface area contributed by atoms with Crippen LogP contribution in [0.3, 0.4) is 0 Å². The van der Waals surface area contributed by atoms with Gasteiger partial charge in [-0.3, -0.25) is 52.6 Å². The predicted molar refractivity (Wildman–Crippen MR) is 153 cm³/mol. The summed E-state index contributed by atoms with van der Waals surface area (Å²) in [5.41, 5.74) is 0. The maximum atomic E-state index is 11.4. The Balaban J connectivity index is 0.000000644. The molecule has 3 rings (SSSR count). The molecule has 0 aromatic rings. The quantitative estimate of drug-likeness (QED) is 0.0920. The summed E-state index contributed by atoms with van der Waals surface area (Å²) in [6.45, 7) is -2.63. The van der Waals surface area contributed by atoms with Crippen molar-refractivity contribution in [2.45, 2.75) is 0 Å². The lowest BCUT2D eigenvalue weighted by Gasteiger charge is -2.33. The van der Waals surface area contributed by atoms with Crippen molar-refractivity contribution < 1.29 is 91.9 Å². The van der Waals surface area contributed by atoms with Crippen LogP contribution in [0.2, 0.25) is 0 Å². The summed E-state index contributed by atoms with van der Waals surface area (Å²) in [6, 6.07) is 0. The zero-order valence-corrected chi connectivity index (χ0v) is 27.4. The van der Waals surface area contributed by atoms with Gasteiger partial charge < -0.3 is 74.9 Å². The highest BCUT2D eigenvalue weighted by Gasteiger charge is 2.36. The zero-order valence-electron chi connectivity index (χ0n) is 24.7. The number of amides is 6. The fourth-order valence-electron chi connectivity index (χ4n) is 3.16. The van der Waals surface area contributed by atoms with Crippen LogP contribution >= 0.6 is 22.8 Å². The monoisotopic (exact) mass is 759 g/mol. The molecule has 0 unspecified atom stereocenters. The van der Waals surface area contributed by atoms with Crippen molar-refractivity contribution in [2.75, 3.05) is 78.1 Å². The third-order valence-electron chi connectivity index (χ3n) is 5.25. The largest absolute Gasteiger partial charge is 0.480 e. The fourth-order valence-corrected chi connectivity index (χ4v) is 4.97. The topological polar surface area (TPSA) is 402 Å². The van der Waals surface area contributed by atoms with Crippen molar-refractivity contribution in [1.29, 1.82) is 0 Å². The van der Waals surface area contributed by atoms with Crippen LogP contribution in [-0.4, -0.2) is 184 Å². The molecule has 0 bridgehead atoms. The summed E-state index contributed by atoms with van der Waals surface area (Å²) in [6.07, 6.45) is -2.37. The van der Waals surface area contributed by atoms with Gasteiger partial charge in [-0.1, -0.05) is 0 Å². The number of carbonyl (C=O) groups is 7. The molecule has 26 nitrogen and oxygen atoms in total. The third kappa shape index (κ3) is 20.8. The molecular formula is C19H36N7O19P3. The van der Waals surface area contributed by atoms with Crippen LogP contribution < -0.4 is 16.0 Å². The second-order valence-electron chi connectivity index (χ2n) is 9.46. The standard InChI is InChI=1S/C6H12N2O8P2.C6H10N2O4.C4H6N2O2.C3H8NO5P/c9-5-1-7(3-17(11,12)13)6(10)2-8(5)4-18(14,15)16;9-3-7-1-5(11)8(4-10)2-6(7)12;7-3-1-5-4(8)2-6-3;5-3(6)1-4-2-10(7,8)9/h1-4H2,(H2,11,12,13)(H2,14,15,16);9-10H,1-4H2;1-2H2,(H,5,8)(H,6,7);4H,1-2H2,(H,5,6)(H2,7,8,9). The molecule has 29 heteroatoms. The van der Waals surface area contributed by atoms with Crippen molar-refractivity contribution in [3.63, 3.8) is 0 Å². The number of hydrogen-bond donors (Lipinski definition) is 12. The van der Waals surface area contributed by atoms with E-state index >= 15 is 0 Å². The average molecular weight is 759 g/mol. The van der Waals surface area contributed by atoms with E-state index in [4.69, 9.17) is 44.7 Å². The lowest BCUT2D eigenvalue weighted by atomic mass is 10.3. The SMILES string of the molecule is O=C(O)CNCP(=O)(O)O.O=C1CN(CO)C(=O)CN1CO.O=C1CN(CP(=O)(O)O)C(=O)CN1CP(=O)(O)O.O=C1CNC(=O)CN1. The van der Waals surface area contributed by atoms with Crippen molar-refractivity contribution in [1.82, 2.24) is 35.6 Å². The Kier molecular flexibility index (Phi) is 18.8. The molecule has 6 amide bonds. The van der Waals surface area contributed by atoms with Gasteiger partial charge in [0.05, 0.1) is 25.9 Å². The molecule has 0 aromatic heterocycles. The molecule has 0 radical (unpaired) electrons. The molecule has 0 atom stereocenters. The molecule has 12 N–H and O–H groups in total. The van der Waals surface area contributed by atoms with Crippen LogP contribution in [0.15, 0.2) is 0 Å².